The molecule has 2 aromatic carbocycles. The first-order chi connectivity index (χ1) is 12.7. The van der Waals surface area contributed by atoms with Gasteiger partial charge in [-0.3, -0.25) is 4.72 Å². The number of nitrogens with one attached hydrogen (secondary N) is 1. The van der Waals surface area contributed by atoms with E-state index in [1.54, 1.807) is 18.2 Å². The molecule has 1 saturated heterocycles. The van der Waals surface area contributed by atoms with Crippen molar-refractivity contribution in [1.29, 1.82) is 0 Å². The Bertz CT molecular complexity index is 978. The van der Waals surface area contributed by atoms with Crippen LogP contribution in [0, 0.1) is 11.8 Å². The minimum Gasteiger partial charge on any atom is -0.280 e. The van der Waals surface area contributed by atoms with Crippen molar-refractivity contribution in [2.75, 3.05) is 17.8 Å². The van der Waals surface area contributed by atoms with Crippen LogP contribution in [0.4, 0.5) is 5.69 Å². The molecule has 0 spiro atoms. The van der Waals surface area contributed by atoms with Crippen molar-refractivity contribution in [2.45, 2.75) is 30.1 Å². The van der Waals surface area contributed by atoms with Crippen LogP contribution in [0.1, 0.15) is 20.3 Å². The average molecular weight is 409 g/mol. The molecule has 1 heterocycles. The standard InChI is InChI=1S/C19H24N2O4S2/c1-15-12-16(2)14-21(13-15)27(24,25)19-10-8-17(9-11-19)20-26(22,23)18-6-4-3-5-7-18/h3-11,15-16,20H,12-14H2,1-2H3/t15-,16-/m1/s1. The molecule has 1 fully saturated rings. The van der Waals surface area contributed by atoms with Gasteiger partial charge < -0.3 is 0 Å². The van der Waals surface area contributed by atoms with Crippen molar-refractivity contribution in [3.63, 3.8) is 0 Å². The molecule has 27 heavy (non-hydrogen) atoms. The number of hydrogen-bond acceptors (Lipinski definition) is 4. The number of sulfonamides is 2. The van der Waals surface area contributed by atoms with Crippen molar-refractivity contribution in [2.24, 2.45) is 11.8 Å². The Labute approximate surface area is 161 Å². The molecular weight excluding hydrogens is 384 g/mol. The highest BCUT2D eigenvalue weighted by Gasteiger charge is 2.31. The van der Waals surface area contributed by atoms with Gasteiger partial charge in [0.05, 0.1) is 9.79 Å². The third-order valence-electron chi connectivity index (χ3n) is 4.63. The highest BCUT2D eigenvalue weighted by atomic mass is 32.2. The van der Waals surface area contributed by atoms with Crippen LogP contribution < -0.4 is 4.72 Å². The van der Waals surface area contributed by atoms with Crippen LogP contribution in [-0.4, -0.2) is 34.2 Å². The molecule has 0 aromatic heterocycles. The highest BCUT2D eigenvalue weighted by Crippen LogP contribution is 2.27. The Kier molecular flexibility index (Phi) is 5.60. The summed E-state index contributed by atoms with van der Waals surface area (Å²) in [6.07, 6.45) is 1.02. The molecule has 1 aliphatic heterocycles. The van der Waals surface area contributed by atoms with Gasteiger partial charge in [0, 0.05) is 18.8 Å². The first-order valence-corrected chi connectivity index (χ1v) is 11.8. The molecule has 2 atom stereocenters. The van der Waals surface area contributed by atoms with E-state index in [0.29, 0.717) is 30.6 Å². The van der Waals surface area contributed by atoms with Gasteiger partial charge in [0.2, 0.25) is 10.0 Å². The van der Waals surface area contributed by atoms with Gasteiger partial charge >= 0.3 is 0 Å². The number of benzene rings is 2. The summed E-state index contributed by atoms with van der Waals surface area (Å²) in [6, 6.07) is 13.9. The van der Waals surface area contributed by atoms with E-state index in [1.807, 2.05) is 0 Å². The molecule has 0 aliphatic carbocycles. The van der Waals surface area contributed by atoms with E-state index in [0.717, 1.165) is 6.42 Å². The van der Waals surface area contributed by atoms with Gasteiger partial charge in [-0.05, 0) is 54.7 Å². The van der Waals surface area contributed by atoms with E-state index >= 15 is 0 Å². The molecule has 0 bridgehead atoms. The largest absolute Gasteiger partial charge is 0.280 e. The third kappa shape index (κ3) is 4.51. The Balaban J connectivity index is 1.79. The first-order valence-electron chi connectivity index (χ1n) is 8.86. The van der Waals surface area contributed by atoms with Gasteiger partial charge in [-0.1, -0.05) is 32.0 Å². The summed E-state index contributed by atoms with van der Waals surface area (Å²) in [6.45, 7) is 5.13. The second-order valence-corrected chi connectivity index (χ2v) is 10.8. The number of nitrogens with zero attached hydrogens (tertiary/aromatic N) is 1. The fraction of sp³-hybridized carbons (Fsp3) is 0.368. The van der Waals surface area contributed by atoms with Gasteiger partial charge in [-0.25, -0.2) is 16.8 Å². The Hall–Kier alpha value is -1.90. The second-order valence-electron chi connectivity index (χ2n) is 7.21. The Morgan fingerprint density at radius 2 is 1.37 bits per heavy atom. The zero-order valence-corrected chi connectivity index (χ0v) is 17.0. The molecule has 8 heteroatoms. The summed E-state index contributed by atoms with van der Waals surface area (Å²) >= 11 is 0. The fourth-order valence-corrected chi connectivity index (χ4v) is 6.22. The summed E-state index contributed by atoms with van der Waals surface area (Å²) in [7, 11) is -7.29. The van der Waals surface area contributed by atoms with Crippen LogP contribution in [-0.2, 0) is 20.0 Å². The molecule has 1 N–H and O–H groups in total. The maximum Gasteiger partial charge on any atom is 0.261 e. The van der Waals surface area contributed by atoms with Crippen LogP contribution in [0.5, 0.6) is 0 Å². The molecule has 0 radical (unpaired) electrons. The molecule has 2 aromatic rings. The Morgan fingerprint density at radius 3 is 1.93 bits per heavy atom. The minimum absolute atomic E-state index is 0.151. The number of rotatable bonds is 5. The average Bonchev–Trinajstić information content (AvgIpc) is 2.62. The normalized spacial score (nSPS) is 21.7. The van der Waals surface area contributed by atoms with Crippen LogP contribution in [0.25, 0.3) is 0 Å². The zero-order chi connectivity index (χ0) is 19.7. The lowest BCUT2D eigenvalue weighted by Crippen LogP contribution is -2.42. The van der Waals surface area contributed by atoms with Gasteiger partial charge in [0.25, 0.3) is 10.0 Å². The van der Waals surface area contributed by atoms with Crippen LogP contribution in [0.15, 0.2) is 64.4 Å². The lowest BCUT2D eigenvalue weighted by molar-refractivity contribution is 0.222. The summed E-state index contributed by atoms with van der Waals surface area (Å²) < 4.78 is 54.5. The quantitative estimate of drug-likeness (QED) is 0.824. The highest BCUT2D eigenvalue weighted by molar-refractivity contribution is 7.92. The number of piperidine rings is 1. The Morgan fingerprint density at radius 1 is 0.815 bits per heavy atom. The van der Waals surface area contributed by atoms with Crippen molar-refractivity contribution in [1.82, 2.24) is 4.31 Å². The lowest BCUT2D eigenvalue weighted by Gasteiger charge is -2.34. The van der Waals surface area contributed by atoms with Gasteiger partial charge in [0.1, 0.15) is 0 Å². The van der Waals surface area contributed by atoms with Crippen molar-refractivity contribution in [3.05, 3.63) is 54.6 Å². The van der Waals surface area contributed by atoms with Crippen molar-refractivity contribution < 1.29 is 16.8 Å². The third-order valence-corrected chi connectivity index (χ3v) is 7.88. The van der Waals surface area contributed by atoms with Crippen molar-refractivity contribution in [3.8, 4) is 0 Å². The maximum absolute atomic E-state index is 12.9. The van der Waals surface area contributed by atoms with E-state index in [2.05, 4.69) is 18.6 Å². The van der Waals surface area contributed by atoms with E-state index < -0.39 is 20.0 Å². The molecule has 3 rings (SSSR count). The molecular formula is C19H24N2O4S2. The topological polar surface area (TPSA) is 83.6 Å². The molecule has 0 saturated carbocycles. The monoisotopic (exact) mass is 408 g/mol. The summed E-state index contributed by atoms with van der Waals surface area (Å²) in [5, 5.41) is 0. The molecule has 0 unspecified atom stereocenters. The summed E-state index contributed by atoms with van der Waals surface area (Å²) in [5.41, 5.74) is 0.318. The van der Waals surface area contributed by atoms with Gasteiger partial charge in [0.15, 0.2) is 0 Å². The zero-order valence-electron chi connectivity index (χ0n) is 15.4. The number of anilines is 1. The first kappa shape index (κ1) is 19.9. The molecule has 1 aliphatic rings. The van der Waals surface area contributed by atoms with Gasteiger partial charge in [-0.15, -0.1) is 0 Å². The van der Waals surface area contributed by atoms with Crippen molar-refractivity contribution >= 4 is 25.7 Å². The minimum atomic E-state index is -3.71. The van der Waals surface area contributed by atoms with E-state index in [-0.39, 0.29) is 9.79 Å². The summed E-state index contributed by atoms with van der Waals surface area (Å²) in [5.74, 6) is 0.640. The van der Waals surface area contributed by atoms with E-state index in [4.69, 9.17) is 0 Å². The predicted octanol–water partition coefficient (Wildman–Crippen LogP) is 3.15. The summed E-state index contributed by atoms with van der Waals surface area (Å²) in [4.78, 5) is 0.324. The number of hydrogen-bond donors (Lipinski definition) is 1. The molecule has 0 amide bonds. The van der Waals surface area contributed by atoms with E-state index in [9.17, 15) is 16.8 Å². The maximum atomic E-state index is 12.9. The SMILES string of the molecule is C[C@@H]1C[C@@H](C)CN(S(=O)(=O)c2ccc(NS(=O)(=O)c3ccccc3)cc2)C1. The van der Waals surface area contributed by atoms with Crippen LogP contribution in [0.3, 0.4) is 0 Å². The van der Waals surface area contributed by atoms with Gasteiger partial charge in [-0.2, -0.15) is 4.31 Å². The lowest BCUT2D eigenvalue weighted by atomic mass is 9.94. The molecule has 146 valence electrons. The molecule has 6 nitrogen and oxygen atoms in total. The smallest absolute Gasteiger partial charge is 0.261 e. The van der Waals surface area contributed by atoms with Crippen LogP contribution >= 0.6 is 0 Å². The van der Waals surface area contributed by atoms with E-state index in [1.165, 1.54) is 40.7 Å². The predicted molar refractivity (Wildman–Crippen MR) is 105 cm³/mol. The van der Waals surface area contributed by atoms with Crippen LogP contribution in [0.2, 0.25) is 0 Å². The fourth-order valence-electron chi connectivity index (χ4n) is 3.46. The second kappa shape index (κ2) is 7.61.